The summed E-state index contributed by atoms with van der Waals surface area (Å²) in [5.74, 6) is 1.43. The van der Waals surface area contributed by atoms with Crippen LogP contribution in [0.1, 0.15) is 12.8 Å². The van der Waals surface area contributed by atoms with Gasteiger partial charge in [-0.25, -0.2) is 13.1 Å². The van der Waals surface area contributed by atoms with Crippen LogP contribution in [0.2, 0.25) is 0 Å². The van der Waals surface area contributed by atoms with Gasteiger partial charge in [-0.05, 0) is 63.8 Å². The number of rotatable bonds is 9. The Morgan fingerprint density at radius 2 is 2.12 bits per heavy atom. The van der Waals surface area contributed by atoms with Gasteiger partial charge >= 0.3 is 0 Å². The fourth-order valence-electron chi connectivity index (χ4n) is 4.22. The number of likely N-dealkylation sites (N-methyl/N-ethyl adjacent to an activating group) is 2. The first-order chi connectivity index (χ1) is 12.3. The van der Waals surface area contributed by atoms with E-state index in [0.29, 0.717) is 22.7 Å². The first-order valence-corrected chi connectivity index (χ1v) is 11.8. The zero-order valence-corrected chi connectivity index (χ0v) is 17.7. The Balaban J connectivity index is 1.49. The summed E-state index contributed by atoms with van der Waals surface area (Å²) in [6.45, 7) is 6.06. The quantitative estimate of drug-likeness (QED) is 0.676. The number of piperidine rings is 3. The van der Waals surface area contributed by atoms with Gasteiger partial charge in [-0.3, -0.25) is 4.90 Å². The van der Waals surface area contributed by atoms with Gasteiger partial charge in [0.15, 0.2) is 0 Å². The van der Waals surface area contributed by atoms with Crippen molar-refractivity contribution in [1.29, 1.82) is 0 Å². The zero-order chi connectivity index (χ0) is 18.7. The Labute approximate surface area is 162 Å². The maximum atomic E-state index is 12.3. The second kappa shape index (κ2) is 8.67. The van der Waals surface area contributed by atoms with E-state index in [-0.39, 0.29) is 0 Å². The van der Waals surface area contributed by atoms with Crippen LogP contribution in [-0.4, -0.2) is 89.6 Å². The highest BCUT2D eigenvalue weighted by atomic mass is 32.2. The van der Waals surface area contributed by atoms with Crippen LogP contribution in [0.4, 0.5) is 0 Å². The van der Waals surface area contributed by atoms with Gasteiger partial charge in [0.05, 0.1) is 0 Å². The minimum atomic E-state index is -3.35. The average molecular weight is 401 g/mol. The maximum Gasteiger partial charge on any atom is 0.250 e. The third-order valence-corrected chi connectivity index (χ3v) is 8.58. The number of fused-ring (bicyclic) bond motifs is 3. The summed E-state index contributed by atoms with van der Waals surface area (Å²) in [5.41, 5.74) is 0. The van der Waals surface area contributed by atoms with Crippen molar-refractivity contribution in [2.75, 3.05) is 60.4 Å². The Hall–Kier alpha value is -0.510. The number of sulfonamides is 1. The summed E-state index contributed by atoms with van der Waals surface area (Å²) in [5, 5.41) is 1.80. The molecule has 1 aromatic heterocycles. The second-order valence-corrected chi connectivity index (χ2v) is 11.0. The van der Waals surface area contributed by atoms with Gasteiger partial charge in [-0.2, -0.15) is 0 Å². The van der Waals surface area contributed by atoms with Crippen molar-refractivity contribution in [3.05, 3.63) is 17.5 Å². The van der Waals surface area contributed by atoms with Gasteiger partial charge in [-0.15, -0.1) is 11.3 Å². The number of thiophene rings is 1. The van der Waals surface area contributed by atoms with E-state index in [0.717, 1.165) is 45.1 Å². The van der Waals surface area contributed by atoms with Crippen LogP contribution in [0, 0.1) is 11.8 Å². The molecule has 0 spiro atoms. The van der Waals surface area contributed by atoms with E-state index in [9.17, 15) is 8.42 Å². The third kappa shape index (κ3) is 5.05. The van der Waals surface area contributed by atoms with Gasteiger partial charge in [0, 0.05) is 38.8 Å². The summed E-state index contributed by atoms with van der Waals surface area (Å²) >= 11 is 1.27. The Morgan fingerprint density at radius 3 is 2.73 bits per heavy atom. The molecule has 4 atom stereocenters. The predicted molar refractivity (Wildman–Crippen MR) is 107 cm³/mol. The van der Waals surface area contributed by atoms with Crippen LogP contribution in [0.25, 0.3) is 0 Å². The number of hydrogen-bond acceptors (Lipinski definition) is 6. The largest absolute Gasteiger partial charge is 0.308 e. The predicted octanol–water partition coefficient (Wildman–Crippen LogP) is 1.23. The summed E-state index contributed by atoms with van der Waals surface area (Å²) < 4.78 is 27.9. The molecule has 3 saturated heterocycles. The molecule has 1 N–H and O–H groups in total. The summed E-state index contributed by atoms with van der Waals surface area (Å²) in [6, 6.07) is 3.79. The minimum absolute atomic E-state index is 0.340. The molecule has 0 aromatic carbocycles. The summed E-state index contributed by atoms with van der Waals surface area (Å²) in [7, 11) is 3.09. The monoisotopic (exact) mass is 400 g/mol. The lowest BCUT2D eigenvalue weighted by molar-refractivity contribution is -0.00782. The molecule has 2 bridgehead atoms. The van der Waals surface area contributed by atoms with Gasteiger partial charge in [0.25, 0.3) is 0 Å². The normalized spacial score (nSPS) is 29.0. The van der Waals surface area contributed by atoms with E-state index < -0.39 is 10.0 Å². The molecule has 26 heavy (non-hydrogen) atoms. The molecule has 8 heteroatoms. The molecule has 4 rings (SSSR count). The molecule has 1 aromatic rings. The van der Waals surface area contributed by atoms with Crippen molar-refractivity contribution in [2.24, 2.45) is 11.8 Å². The zero-order valence-electron chi connectivity index (χ0n) is 16.1. The topological polar surface area (TPSA) is 55.9 Å². The molecular weight excluding hydrogens is 368 g/mol. The van der Waals surface area contributed by atoms with Crippen LogP contribution >= 0.6 is 11.3 Å². The number of hydrogen-bond donors (Lipinski definition) is 1. The van der Waals surface area contributed by atoms with Crippen LogP contribution in [0.3, 0.4) is 0 Å². The van der Waals surface area contributed by atoms with Gasteiger partial charge in [-0.1, -0.05) is 6.07 Å². The average Bonchev–Trinajstić information content (AvgIpc) is 3.15. The maximum absolute atomic E-state index is 12.3. The Bertz CT molecular complexity index is 663. The molecule has 3 aliphatic rings. The second-order valence-electron chi connectivity index (χ2n) is 8.04. The van der Waals surface area contributed by atoms with Crippen LogP contribution in [-0.2, 0) is 10.0 Å². The molecule has 1 unspecified atom stereocenters. The Kier molecular flexibility index (Phi) is 6.74. The first-order valence-electron chi connectivity index (χ1n) is 9.45. The molecule has 4 heterocycles. The molecule has 3 fully saturated rings. The van der Waals surface area contributed by atoms with Gasteiger partial charge in [0.1, 0.15) is 4.21 Å². The molecule has 3 aliphatic heterocycles. The molecule has 0 amide bonds. The van der Waals surface area contributed by atoms with Gasteiger partial charge < -0.3 is 9.80 Å². The molecule has 0 aliphatic carbocycles. The van der Waals surface area contributed by atoms with Gasteiger partial charge in [0.2, 0.25) is 10.0 Å². The fourth-order valence-corrected chi connectivity index (χ4v) is 6.33. The van der Waals surface area contributed by atoms with E-state index in [1.54, 1.807) is 17.5 Å². The Morgan fingerprint density at radius 1 is 1.31 bits per heavy atom. The van der Waals surface area contributed by atoms with Crippen molar-refractivity contribution < 1.29 is 8.42 Å². The van der Waals surface area contributed by atoms with Crippen LogP contribution in [0.5, 0.6) is 0 Å². The smallest absolute Gasteiger partial charge is 0.250 e. The lowest BCUT2D eigenvalue weighted by Gasteiger charge is -2.50. The number of nitrogens with one attached hydrogen (secondary N) is 1. The highest BCUT2D eigenvalue weighted by Gasteiger charge is 2.40. The van der Waals surface area contributed by atoms with E-state index in [2.05, 4.69) is 40.6 Å². The minimum Gasteiger partial charge on any atom is -0.308 e. The highest BCUT2D eigenvalue weighted by molar-refractivity contribution is 7.91. The molecule has 0 radical (unpaired) electrons. The van der Waals surface area contributed by atoms with Crippen molar-refractivity contribution >= 4 is 21.4 Å². The third-order valence-electron chi connectivity index (χ3n) is 5.76. The lowest BCUT2D eigenvalue weighted by atomic mass is 9.75. The lowest BCUT2D eigenvalue weighted by Crippen LogP contribution is -2.58. The van der Waals surface area contributed by atoms with Crippen LogP contribution in [0.15, 0.2) is 21.7 Å². The summed E-state index contributed by atoms with van der Waals surface area (Å²) in [6.07, 6.45) is 2.36. The highest BCUT2D eigenvalue weighted by Crippen LogP contribution is 2.36. The molecular formula is C18H32N4O2S2. The molecule has 148 valence electrons. The molecule has 6 nitrogen and oxygen atoms in total. The number of nitrogens with zero attached hydrogens (tertiary/aromatic N) is 3. The standard InChI is InChI=1S/C18H32N4O2S2/c1-20(2)8-9-21(3)13-16-14-22-7-6-15(16)11-17(22)12-19-26(23,24)18-5-4-10-25-18/h4-5,10,15-17,19H,6-9,11-14H2,1-3H3/t15-,16-,17+/m0/s1. The van der Waals surface area contributed by atoms with Crippen molar-refractivity contribution in [2.45, 2.75) is 23.1 Å². The summed E-state index contributed by atoms with van der Waals surface area (Å²) in [4.78, 5) is 7.17. The van der Waals surface area contributed by atoms with E-state index in [1.807, 2.05) is 0 Å². The van der Waals surface area contributed by atoms with E-state index in [1.165, 1.54) is 17.8 Å². The van der Waals surface area contributed by atoms with Crippen molar-refractivity contribution in [3.8, 4) is 0 Å². The van der Waals surface area contributed by atoms with E-state index >= 15 is 0 Å². The van der Waals surface area contributed by atoms with Crippen LogP contribution < -0.4 is 4.72 Å². The first kappa shape index (κ1) is 20.2. The van der Waals surface area contributed by atoms with Crippen molar-refractivity contribution in [3.63, 3.8) is 0 Å². The SMILES string of the molecule is CN(C)CCN(C)C[C@H]1CN2CC[C@H]1C[C@@H]2CNS(=O)(=O)c1cccs1. The molecule has 0 saturated carbocycles. The van der Waals surface area contributed by atoms with Crippen molar-refractivity contribution in [1.82, 2.24) is 19.4 Å². The van der Waals surface area contributed by atoms with E-state index in [4.69, 9.17) is 0 Å². The fraction of sp³-hybridized carbons (Fsp3) is 0.778.